The van der Waals surface area contributed by atoms with Gasteiger partial charge >= 0.3 is 11.8 Å². The molecule has 0 radical (unpaired) electrons. The zero-order chi connectivity index (χ0) is 12.1. The maximum absolute atomic E-state index is 11.2. The summed E-state index contributed by atoms with van der Waals surface area (Å²) in [5.74, 6) is 8.14. The van der Waals surface area contributed by atoms with Crippen LogP contribution in [-0.2, 0) is 16.1 Å². The second kappa shape index (κ2) is 5.10. The van der Waals surface area contributed by atoms with Crippen molar-refractivity contribution in [3.63, 3.8) is 0 Å². The van der Waals surface area contributed by atoms with Gasteiger partial charge in [0.15, 0.2) is 0 Å². The van der Waals surface area contributed by atoms with E-state index in [1.807, 2.05) is 0 Å². The second-order valence-electron chi connectivity index (χ2n) is 3.04. The van der Waals surface area contributed by atoms with Crippen LogP contribution < -0.4 is 17.1 Å². The standard InChI is InChI=1S/C9H12N4O3/c10-12-8(15)9(16)13(11)5-6-3-1-2-4-7(6)14/h1-4,14H,5,10-11H2,(H,12,15). The zero-order valence-electron chi connectivity index (χ0n) is 8.38. The van der Waals surface area contributed by atoms with Gasteiger partial charge in [-0.1, -0.05) is 18.2 Å². The van der Waals surface area contributed by atoms with E-state index in [0.717, 1.165) is 0 Å². The maximum atomic E-state index is 11.2. The van der Waals surface area contributed by atoms with Gasteiger partial charge in [0, 0.05) is 5.56 Å². The van der Waals surface area contributed by atoms with Crippen molar-refractivity contribution in [1.82, 2.24) is 10.4 Å². The fraction of sp³-hybridized carbons (Fsp3) is 0.111. The Bertz CT molecular complexity index is 407. The molecule has 0 saturated heterocycles. The summed E-state index contributed by atoms with van der Waals surface area (Å²) in [4.78, 5) is 22.1. The van der Waals surface area contributed by atoms with E-state index in [1.165, 1.54) is 6.07 Å². The van der Waals surface area contributed by atoms with Crippen LogP contribution in [0.5, 0.6) is 5.75 Å². The van der Waals surface area contributed by atoms with E-state index >= 15 is 0 Å². The van der Waals surface area contributed by atoms with Gasteiger partial charge in [-0.2, -0.15) is 0 Å². The van der Waals surface area contributed by atoms with Gasteiger partial charge in [0.05, 0.1) is 6.54 Å². The third kappa shape index (κ3) is 2.69. The summed E-state index contributed by atoms with van der Waals surface area (Å²) >= 11 is 0. The van der Waals surface area contributed by atoms with Crippen LogP contribution in [0.4, 0.5) is 0 Å². The van der Waals surface area contributed by atoms with Crippen molar-refractivity contribution in [2.24, 2.45) is 11.7 Å². The number of aromatic hydroxyl groups is 1. The summed E-state index contributed by atoms with van der Waals surface area (Å²) in [5, 5.41) is 10.1. The van der Waals surface area contributed by atoms with Crippen molar-refractivity contribution in [3.05, 3.63) is 29.8 Å². The molecule has 86 valence electrons. The predicted octanol–water partition coefficient (Wildman–Crippen LogP) is -1.42. The topological polar surface area (TPSA) is 122 Å². The minimum Gasteiger partial charge on any atom is -0.508 e. The summed E-state index contributed by atoms with van der Waals surface area (Å²) in [6.45, 7) is -0.0844. The lowest BCUT2D eigenvalue weighted by Gasteiger charge is -2.15. The Morgan fingerprint density at radius 1 is 1.38 bits per heavy atom. The number of nitrogens with zero attached hydrogens (tertiary/aromatic N) is 1. The van der Waals surface area contributed by atoms with E-state index in [0.29, 0.717) is 10.6 Å². The van der Waals surface area contributed by atoms with Crippen LogP contribution in [0.15, 0.2) is 24.3 Å². The van der Waals surface area contributed by atoms with Gasteiger partial charge in [0.1, 0.15) is 5.75 Å². The molecular formula is C9H12N4O3. The number of hydrogen-bond acceptors (Lipinski definition) is 5. The smallest absolute Gasteiger partial charge is 0.327 e. The first-order chi connectivity index (χ1) is 7.56. The Morgan fingerprint density at radius 2 is 2.00 bits per heavy atom. The minimum atomic E-state index is -1.02. The molecular weight excluding hydrogens is 212 g/mol. The highest BCUT2D eigenvalue weighted by atomic mass is 16.3. The molecule has 0 atom stereocenters. The number of phenols is 1. The van der Waals surface area contributed by atoms with E-state index in [2.05, 4.69) is 0 Å². The molecule has 1 aromatic rings. The quantitative estimate of drug-likeness (QED) is 0.213. The third-order valence-electron chi connectivity index (χ3n) is 1.92. The molecule has 0 fully saturated rings. The van der Waals surface area contributed by atoms with E-state index in [1.54, 1.807) is 23.6 Å². The number of carbonyl (C=O) groups is 2. The van der Waals surface area contributed by atoms with Crippen molar-refractivity contribution < 1.29 is 14.7 Å². The molecule has 0 aliphatic rings. The van der Waals surface area contributed by atoms with E-state index < -0.39 is 11.8 Å². The lowest BCUT2D eigenvalue weighted by molar-refractivity contribution is -0.146. The highest BCUT2D eigenvalue weighted by molar-refractivity contribution is 6.34. The highest BCUT2D eigenvalue weighted by Gasteiger charge is 2.18. The number of hydrogen-bond donors (Lipinski definition) is 4. The van der Waals surface area contributed by atoms with Crippen LogP contribution in [0, 0.1) is 0 Å². The first-order valence-corrected chi connectivity index (χ1v) is 4.40. The number of nitrogens with one attached hydrogen (secondary N) is 1. The lowest BCUT2D eigenvalue weighted by atomic mass is 10.2. The van der Waals surface area contributed by atoms with Gasteiger partial charge in [-0.05, 0) is 6.07 Å². The lowest BCUT2D eigenvalue weighted by Crippen LogP contribution is -2.48. The van der Waals surface area contributed by atoms with Gasteiger partial charge in [-0.25, -0.2) is 11.7 Å². The summed E-state index contributed by atoms with van der Waals surface area (Å²) in [7, 11) is 0. The largest absolute Gasteiger partial charge is 0.508 e. The van der Waals surface area contributed by atoms with Crippen LogP contribution in [0.2, 0.25) is 0 Å². The highest BCUT2D eigenvalue weighted by Crippen LogP contribution is 2.16. The van der Waals surface area contributed by atoms with Gasteiger partial charge < -0.3 is 5.11 Å². The molecule has 0 saturated carbocycles. The molecule has 0 aliphatic carbocycles. The van der Waals surface area contributed by atoms with Crippen LogP contribution >= 0.6 is 0 Å². The molecule has 0 spiro atoms. The molecule has 0 aromatic heterocycles. The molecule has 0 aliphatic heterocycles. The number of para-hydroxylation sites is 1. The van der Waals surface area contributed by atoms with Gasteiger partial charge in [-0.15, -0.1) is 0 Å². The fourth-order valence-corrected chi connectivity index (χ4v) is 1.09. The van der Waals surface area contributed by atoms with Gasteiger partial charge in [0.2, 0.25) is 0 Å². The van der Waals surface area contributed by atoms with E-state index in [4.69, 9.17) is 11.7 Å². The molecule has 7 nitrogen and oxygen atoms in total. The maximum Gasteiger partial charge on any atom is 0.327 e. The van der Waals surface area contributed by atoms with Crippen molar-refractivity contribution in [3.8, 4) is 5.75 Å². The van der Waals surface area contributed by atoms with Crippen molar-refractivity contribution in [1.29, 1.82) is 0 Å². The molecule has 1 aromatic carbocycles. The van der Waals surface area contributed by atoms with Crippen molar-refractivity contribution in [2.45, 2.75) is 6.54 Å². The Balaban J connectivity index is 2.72. The fourth-order valence-electron chi connectivity index (χ4n) is 1.09. The van der Waals surface area contributed by atoms with E-state index in [-0.39, 0.29) is 12.3 Å². The number of hydrazine groups is 2. The van der Waals surface area contributed by atoms with E-state index in [9.17, 15) is 14.7 Å². The summed E-state index contributed by atoms with van der Waals surface area (Å²) in [5.41, 5.74) is 2.11. The molecule has 0 heterocycles. The average Bonchev–Trinajstić information content (AvgIpc) is 2.30. The zero-order valence-corrected chi connectivity index (χ0v) is 8.38. The SMILES string of the molecule is NNC(=O)C(=O)N(N)Cc1ccccc1O. The number of nitrogens with two attached hydrogens (primary N) is 2. The van der Waals surface area contributed by atoms with Crippen LogP contribution in [0.3, 0.4) is 0 Å². The predicted molar refractivity (Wildman–Crippen MR) is 55.2 cm³/mol. The molecule has 6 N–H and O–H groups in total. The normalized spacial score (nSPS) is 9.62. The first-order valence-electron chi connectivity index (χ1n) is 4.40. The monoisotopic (exact) mass is 224 g/mol. The Labute approximate surface area is 91.6 Å². The summed E-state index contributed by atoms with van der Waals surface area (Å²) in [6, 6.07) is 6.35. The van der Waals surface area contributed by atoms with Crippen LogP contribution in [0.1, 0.15) is 5.56 Å². The average molecular weight is 224 g/mol. The molecule has 7 heteroatoms. The Kier molecular flexibility index (Phi) is 3.81. The number of rotatable bonds is 2. The number of carbonyl (C=O) groups excluding carboxylic acids is 2. The number of benzene rings is 1. The molecule has 0 bridgehead atoms. The van der Waals surface area contributed by atoms with Crippen LogP contribution in [-0.4, -0.2) is 21.9 Å². The number of phenolic OH excluding ortho intramolecular Hbond substituents is 1. The van der Waals surface area contributed by atoms with Crippen molar-refractivity contribution in [2.75, 3.05) is 0 Å². The van der Waals surface area contributed by atoms with Crippen LogP contribution in [0.25, 0.3) is 0 Å². The van der Waals surface area contributed by atoms with Gasteiger partial charge in [-0.3, -0.25) is 20.0 Å². The third-order valence-corrected chi connectivity index (χ3v) is 1.92. The molecule has 1 rings (SSSR count). The Hall–Kier alpha value is -2.12. The second-order valence-corrected chi connectivity index (χ2v) is 3.04. The molecule has 2 amide bonds. The summed E-state index contributed by atoms with van der Waals surface area (Å²) < 4.78 is 0. The first kappa shape index (κ1) is 12.0. The summed E-state index contributed by atoms with van der Waals surface area (Å²) in [6.07, 6.45) is 0. The Morgan fingerprint density at radius 3 is 2.56 bits per heavy atom. The molecule has 16 heavy (non-hydrogen) atoms. The van der Waals surface area contributed by atoms with Gasteiger partial charge in [0.25, 0.3) is 0 Å². The van der Waals surface area contributed by atoms with Crippen molar-refractivity contribution >= 4 is 11.8 Å². The molecule has 0 unspecified atom stereocenters. The minimum absolute atomic E-state index is 0.00101. The number of amides is 2.